The van der Waals surface area contributed by atoms with Crippen molar-refractivity contribution < 1.29 is 8.42 Å². The van der Waals surface area contributed by atoms with Crippen LogP contribution in [0.3, 0.4) is 0 Å². The lowest BCUT2D eigenvalue weighted by Crippen LogP contribution is -2.39. The Morgan fingerprint density at radius 1 is 1.62 bits per heavy atom. The van der Waals surface area contributed by atoms with Gasteiger partial charge in [-0.3, -0.25) is 4.68 Å². The maximum absolute atomic E-state index is 11.9. The number of nitrogens with two attached hydrogens (primary N) is 1. The molecule has 0 radical (unpaired) electrons. The molecule has 1 rings (SSSR count). The molecule has 0 fully saturated rings. The van der Waals surface area contributed by atoms with E-state index in [2.05, 4.69) is 9.82 Å². The fraction of sp³-hybridized carbons (Fsp3) is 0.667. The highest BCUT2D eigenvalue weighted by Gasteiger charge is 2.19. The van der Waals surface area contributed by atoms with E-state index in [1.165, 1.54) is 17.1 Å². The zero-order valence-electron chi connectivity index (χ0n) is 9.55. The van der Waals surface area contributed by atoms with Crippen molar-refractivity contribution in [2.24, 2.45) is 12.8 Å². The molecule has 0 aromatic carbocycles. The molecule has 0 aliphatic rings. The van der Waals surface area contributed by atoms with E-state index in [0.717, 1.165) is 12.8 Å². The number of aryl methyl sites for hydroxylation is 1. The van der Waals surface area contributed by atoms with Crippen LogP contribution in [-0.4, -0.2) is 30.8 Å². The number of rotatable bonds is 6. The average Bonchev–Trinajstić information content (AvgIpc) is 2.64. The first-order chi connectivity index (χ1) is 7.49. The number of aromatic nitrogens is 2. The molecule has 1 atom stereocenters. The second kappa shape index (κ2) is 5.42. The summed E-state index contributed by atoms with van der Waals surface area (Å²) >= 11 is 0. The zero-order chi connectivity index (χ0) is 12.2. The van der Waals surface area contributed by atoms with Gasteiger partial charge in [-0.25, -0.2) is 13.1 Å². The van der Waals surface area contributed by atoms with Gasteiger partial charge in [0.15, 0.2) is 0 Å². The summed E-state index contributed by atoms with van der Waals surface area (Å²) < 4.78 is 27.8. The largest absolute Gasteiger partial charge is 0.329 e. The highest BCUT2D eigenvalue weighted by molar-refractivity contribution is 7.89. The van der Waals surface area contributed by atoms with Gasteiger partial charge in [0.2, 0.25) is 10.0 Å². The number of sulfonamides is 1. The Hall–Kier alpha value is -0.920. The smallest absolute Gasteiger partial charge is 0.243 e. The molecule has 0 amide bonds. The van der Waals surface area contributed by atoms with Crippen LogP contribution in [0.4, 0.5) is 0 Å². The van der Waals surface area contributed by atoms with Gasteiger partial charge in [0.05, 0.1) is 6.20 Å². The lowest BCUT2D eigenvalue weighted by molar-refractivity contribution is 0.527. The van der Waals surface area contributed by atoms with Crippen molar-refractivity contribution in [1.82, 2.24) is 14.5 Å². The second-order valence-corrected chi connectivity index (χ2v) is 5.41. The molecular formula is C9H18N4O2S. The predicted molar refractivity (Wildman–Crippen MR) is 61.3 cm³/mol. The minimum Gasteiger partial charge on any atom is -0.329 e. The van der Waals surface area contributed by atoms with E-state index in [1.54, 1.807) is 7.05 Å². The van der Waals surface area contributed by atoms with Crippen LogP contribution < -0.4 is 10.5 Å². The SMILES string of the molecule is CCCC(CN)NS(=O)(=O)c1cnn(C)c1. The van der Waals surface area contributed by atoms with E-state index < -0.39 is 10.0 Å². The summed E-state index contributed by atoms with van der Waals surface area (Å²) in [5.41, 5.74) is 5.50. The molecule has 0 saturated carbocycles. The number of nitrogens with one attached hydrogen (secondary N) is 1. The summed E-state index contributed by atoms with van der Waals surface area (Å²) in [4.78, 5) is 0.171. The normalized spacial score (nSPS) is 13.9. The molecule has 0 aliphatic carbocycles. The van der Waals surface area contributed by atoms with Gasteiger partial charge >= 0.3 is 0 Å². The van der Waals surface area contributed by atoms with Crippen molar-refractivity contribution in [1.29, 1.82) is 0 Å². The quantitative estimate of drug-likeness (QED) is 0.729. The Morgan fingerprint density at radius 3 is 2.75 bits per heavy atom. The molecule has 0 aliphatic heterocycles. The molecule has 1 aromatic heterocycles. The van der Waals surface area contributed by atoms with Crippen molar-refractivity contribution in [2.45, 2.75) is 30.7 Å². The molecule has 0 saturated heterocycles. The summed E-state index contributed by atoms with van der Waals surface area (Å²) in [5, 5.41) is 3.83. The lowest BCUT2D eigenvalue weighted by Gasteiger charge is -2.14. The van der Waals surface area contributed by atoms with Gasteiger partial charge in [-0.2, -0.15) is 5.10 Å². The summed E-state index contributed by atoms with van der Waals surface area (Å²) in [5.74, 6) is 0. The van der Waals surface area contributed by atoms with E-state index in [1.807, 2.05) is 6.92 Å². The van der Waals surface area contributed by atoms with Crippen LogP contribution in [0.2, 0.25) is 0 Å². The molecule has 0 spiro atoms. The lowest BCUT2D eigenvalue weighted by atomic mass is 10.2. The highest BCUT2D eigenvalue weighted by atomic mass is 32.2. The Labute approximate surface area is 95.9 Å². The van der Waals surface area contributed by atoms with Gasteiger partial charge in [0, 0.05) is 25.8 Å². The second-order valence-electron chi connectivity index (χ2n) is 3.69. The van der Waals surface area contributed by atoms with Gasteiger partial charge in [-0.1, -0.05) is 13.3 Å². The van der Waals surface area contributed by atoms with Crippen LogP contribution in [-0.2, 0) is 17.1 Å². The molecule has 1 aromatic rings. The highest BCUT2D eigenvalue weighted by Crippen LogP contribution is 2.08. The maximum atomic E-state index is 11.9. The summed E-state index contributed by atoms with van der Waals surface area (Å²) in [7, 11) is -1.81. The van der Waals surface area contributed by atoms with Crippen LogP contribution in [0.5, 0.6) is 0 Å². The van der Waals surface area contributed by atoms with Gasteiger partial charge in [-0.15, -0.1) is 0 Å². The van der Waals surface area contributed by atoms with Crippen molar-refractivity contribution in [3.05, 3.63) is 12.4 Å². The average molecular weight is 246 g/mol. The first-order valence-electron chi connectivity index (χ1n) is 5.20. The van der Waals surface area contributed by atoms with E-state index in [-0.39, 0.29) is 10.9 Å². The van der Waals surface area contributed by atoms with Crippen molar-refractivity contribution in [3.63, 3.8) is 0 Å². The van der Waals surface area contributed by atoms with Crippen molar-refractivity contribution >= 4 is 10.0 Å². The van der Waals surface area contributed by atoms with E-state index >= 15 is 0 Å². The Bertz CT molecular complexity index is 426. The van der Waals surface area contributed by atoms with Crippen molar-refractivity contribution in [3.8, 4) is 0 Å². The molecule has 1 unspecified atom stereocenters. The molecule has 92 valence electrons. The first kappa shape index (κ1) is 13.1. The van der Waals surface area contributed by atoms with E-state index in [9.17, 15) is 8.42 Å². The summed E-state index contributed by atoms with van der Waals surface area (Å²) in [6.07, 6.45) is 4.40. The molecule has 3 N–H and O–H groups in total. The minimum absolute atomic E-state index is 0.171. The van der Waals surface area contributed by atoms with Crippen molar-refractivity contribution in [2.75, 3.05) is 6.54 Å². The standard InChI is InChI=1S/C9H18N4O2S/c1-3-4-8(5-10)12-16(14,15)9-6-11-13(2)7-9/h6-8,12H,3-5,10H2,1-2H3. The van der Waals surface area contributed by atoms with Crippen LogP contribution >= 0.6 is 0 Å². The molecular weight excluding hydrogens is 228 g/mol. The Morgan fingerprint density at radius 2 is 2.31 bits per heavy atom. The van der Waals surface area contributed by atoms with Crippen LogP contribution in [0, 0.1) is 0 Å². The molecule has 0 bridgehead atoms. The zero-order valence-corrected chi connectivity index (χ0v) is 10.4. The van der Waals surface area contributed by atoms with Crippen LogP contribution in [0.15, 0.2) is 17.3 Å². The molecule has 7 heteroatoms. The summed E-state index contributed by atoms with van der Waals surface area (Å²) in [6.45, 7) is 2.29. The number of hydrogen-bond donors (Lipinski definition) is 2. The Kier molecular flexibility index (Phi) is 4.45. The molecule has 1 heterocycles. The number of hydrogen-bond acceptors (Lipinski definition) is 4. The predicted octanol–water partition coefficient (Wildman–Crippen LogP) is -0.174. The fourth-order valence-electron chi connectivity index (χ4n) is 1.40. The molecule has 6 nitrogen and oxygen atoms in total. The van der Waals surface area contributed by atoms with E-state index in [4.69, 9.17) is 5.73 Å². The third kappa shape index (κ3) is 3.29. The van der Waals surface area contributed by atoms with Gasteiger partial charge < -0.3 is 5.73 Å². The monoisotopic (exact) mass is 246 g/mol. The Balaban J connectivity index is 2.78. The van der Waals surface area contributed by atoms with Crippen LogP contribution in [0.25, 0.3) is 0 Å². The topological polar surface area (TPSA) is 90.0 Å². The minimum atomic E-state index is -3.49. The fourth-order valence-corrected chi connectivity index (χ4v) is 2.66. The van der Waals surface area contributed by atoms with Gasteiger partial charge in [0.1, 0.15) is 4.90 Å². The van der Waals surface area contributed by atoms with Gasteiger partial charge in [0.25, 0.3) is 0 Å². The third-order valence-corrected chi connectivity index (χ3v) is 3.71. The maximum Gasteiger partial charge on any atom is 0.243 e. The van der Waals surface area contributed by atoms with E-state index in [0.29, 0.717) is 6.54 Å². The first-order valence-corrected chi connectivity index (χ1v) is 6.69. The third-order valence-electron chi connectivity index (χ3n) is 2.23. The molecule has 16 heavy (non-hydrogen) atoms. The summed E-state index contributed by atoms with van der Waals surface area (Å²) in [6, 6.07) is -0.213. The van der Waals surface area contributed by atoms with Crippen LogP contribution in [0.1, 0.15) is 19.8 Å². The number of nitrogens with zero attached hydrogens (tertiary/aromatic N) is 2. The van der Waals surface area contributed by atoms with Gasteiger partial charge in [-0.05, 0) is 6.42 Å².